The van der Waals surface area contributed by atoms with Crippen LogP contribution in [0.3, 0.4) is 0 Å². The highest BCUT2D eigenvalue weighted by Crippen LogP contribution is 2.29. The van der Waals surface area contributed by atoms with Crippen LogP contribution in [-0.2, 0) is 0 Å². The number of aromatic nitrogens is 6. The molecular formula is C20H23N7O. The largest absolute Gasteiger partial charge is 0.342 e. The first-order valence-corrected chi connectivity index (χ1v) is 9.41. The van der Waals surface area contributed by atoms with Crippen LogP contribution in [0.5, 0.6) is 0 Å². The fourth-order valence-corrected chi connectivity index (χ4v) is 3.46. The molecular weight excluding hydrogens is 354 g/mol. The molecule has 8 nitrogen and oxygen atoms in total. The van der Waals surface area contributed by atoms with Gasteiger partial charge in [0, 0.05) is 17.8 Å². The van der Waals surface area contributed by atoms with Gasteiger partial charge in [0.15, 0.2) is 5.65 Å². The van der Waals surface area contributed by atoms with Gasteiger partial charge in [0.25, 0.3) is 5.91 Å². The van der Waals surface area contributed by atoms with Gasteiger partial charge in [0.1, 0.15) is 5.82 Å². The number of para-hydroxylation sites is 2. The van der Waals surface area contributed by atoms with Crippen LogP contribution in [0.25, 0.3) is 16.7 Å². The fraction of sp³-hybridized carbons (Fsp3) is 0.350. The van der Waals surface area contributed by atoms with Crippen molar-refractivity contribution in [3.8, 4) is 0 Å². The number of benzene rings is 1. The molecule has 3 heterocycles. The summed E-state index contributed by atoms with van der Waals surface area (Å²) in [5, 5.41) is 14.5. The van der Waals surface area contributed by atoms with Crippen molar-refractivity contribution in [2.75, 3.05) is 0 Å². The lowest BCUT2D eigenvalue weighted by Gasteiger charge is -2.25. The quantitative estimate of drug-likeness (QED) is 0.577. The van der Waals surface area contributed by atoms with Crippen LogP contribution in [0.1, 0.15) is 56.0 Å². The molecule has 1 atom stereocenters. The Morgan fingerprint density at radius 1 is 1.11 bits per heavy atom. The second-order valence-corrected chi connectivity index (χ2v) is 7.51. The Morgan fingerprint density at radius 3 is 2.64 bits per heavy atom. The summed E-state index contributed by atoms with van der Waals surface area (Å²) in [7, 11) is 0. The zero-order valence-electron chi connectivity index (χ0n) is 16.4. The van der Waals surface area contributed by atoms with E-state index in [4.69, 9.17) is 4.98 Å². The van der Waals surface area contributed by atoms with Crippen molar-refractivity contribution in [2.24, 2.45) is 5.92 Å². The number of tetrazole rings is 1. The lowest BCUT2D eigenvalue weighted by Crippen LogP contribution is -2.34. The van der Waals surface area contributed by atoms with Gasteiger partial charge in [-0.1, -0.05) is 26.0 Å². The standard InChI is InChI=1S/C20H23N7O/c1-12(2)18(19-21-15-7-5-6-8-16(15)27(19)13(3)4)22-20(28)14-9-10-26-17(11-14)23-24-25-26/h5-13,18H,1-4H3,(H,22,28). The first kappa shape index (κ1) is 18.1. The first-order valence-electron chi connectivity index (χ1n) is 9.41. The number of hydrogen-bond donors (Lipinski definition) is 1. The molecule has 144 valence electrons. The molecule has 0 aliphatic heterocycles. The third-order valence-corrected chi connectivity index (χ3v) is 4.83. The maximum Gasteiger partial charge on any atom is 0.252 e. The molecule has 0 saturated carbocycles. The molecule has 0 aliphatic rings. The molecule has 0 spiro atoms. The number of nitrogens with zero attached hydrogens (tertiary/aromatic N) is 6. The molecule has 0 bridgehead atoms. The van der Waals surface area contributed by atoms with Crippen LogP contribution in [0, 0.1) is 5.92 Å². The van der Waals surface area contributed by atoms with Gasteiger partial charge < -0.3 is 9.88 Å². The van der Waals surface area contributed by atoms with Crippen LogP contribution >= 0.6 is 0 Å². The minimum atomic E-state index is -0.227. The summed E-state index contributed by atoms with van der Waals surface area (Å²) in [5.41, 5.74) is 3.05. The lowest BCUT2D eigenvalue weighted by atomic mass is 10.0. The topological polar surface area (TPSA) is 90.0 Å². The number of carbonyl (C=O) groups is 1. The van der Waals surface area contributed by atoms with E-state index in [1.807, 2.05) is 18.2 Å². The second kappa shape index (κ2) is 7.03. The lowest BCUT2D eigenvalue weighted by molar-refractivity contribution is 0.0921. The van der Waals surface area contributed by atoms with Crippen LogP contribution < -0.4 is 5.32 Å². The molecule has 4 rings (SSSR count). The van der Waals surface area contributed by atoms with Gasteiger partial charge >= 0.3 is 0 Å². The van der Waals surface area contributed by atoms with Gasteiger partial charge in [-0.3, -0.25) is 4.79 Å². The van der Waals surface area contributed by atoms with Gasteiger partial charge in [-0.25, -0.2) is 9.50 Å². The van der Waals surface area contributed by atoms with Crippen molar-refractivity contribution < 1.29 is 4.79 Å². The van der Waals surface area contributed by atoms with Crippen molar-refractivity contribution >= 4 is 22.6 Å². The van der Waals surface area contributed by atoms with E-state index in [1.54, 1.807) is 18.3 Å². The molecule has 0 aliphatic carbocycles. The Kier molecular flexibility index (Phi) is 4.54. The van der Waals surface area contributed by atoms with E-state index in [0.717, 1.165) is 16.9 Å². The van der Waals surface area contributed by atoms with E-state index >= 15 is 0 Å². The van der Waals surface area contributed by atoms with Crippen molar-refractivity contribution in [3.63, 3.8) is 0 Å². The van der Waals surface area contributed by atoms with Crippen LogP contribution in [0.4, 0.5) is 0 Å². The maximum atomic E-state index is 13.0. The smallest absolute Gasteiger partial charge is 0.252 e. The molecule has 3 aromatic heterocycles. The number of fused-ring (bicyclic) bond motifs is 2. The zero-order valence-corrected chi connectivity index (χ0v) is 16.4. The molecule has 4 aromatic rings. The fourth-order valence-electron chi connectivity index (χ4n) is 3.46. The van der Waals surface area contributed by atoms with E-state index in [2.05, 4.69) is 59.2 Å². The van der Waals surface area contributed by atoms with E-state index in [1.165, 1.54) is 4.52 Å². The summed E-state index contributed by atoms with van der Waals surface area (Å²) in [6, 6.07) is 11.4. The Hall–Kier alpha value is -3.29. The molecule has 1 aromatic carbocycles. The molecule has 0 radical (unpaired) electrons. The number of imidazole rings is 1. The molecule has 8 heteroatoms. The Morgan fingerprint density at radius 2 is 1.89 bits per heavy atom. The Balaban J connectivity index is 1.72. The number of carbonyl (C=O) groups excluding carboxylic acids is 1. The summed E-state index contributed by atoms with van der Waals surface area (Å²) in [6.45, 7) is 8.42. The highest BCUT2D eigenvalue weighted by Gasteiger charge is 2.26. The SMILES string of the molecule is CC(C)C(NC(=O)c1ccn2nnnc2c1)c1nc2ccccc2n1C(C)C. The zero-order chi connectivity index (χ0) is 19.8. The third kappa shape index (κ3) is 3.11. The molecule has 1 unspecified atom stereocenters. The van der Waals surface area contributed by atoms with Crippen LogP contribution in [0.15, 0.2) is 42.6 Å². The monoisotopic (exact) mass is 377 g/mol. The average Bonchev–Trinajstić information content (AvgIpc) is 3.28. The molecule has 1 amide bonds. The van der Waals surface area contributed by atoms with Gasteiger partial charge in [-0.15, -0.1) is 5.10 Å². The number of rotatable bonds is 5. The number of amides is 1. The average molecular weight is 377 g/mol. The van der Waals surface area contributed by atoms with Gasteiger partial charge in [-0.05, 0) is 54.5 Å². The first-order chi connectivity index (χ1) is 13.5. The van der Waals surface area contributed by atoms with Gasteiger partial charge in [-0.2, -0.15) is 0 Å². The summed E-state index contributed by atoms with van der Waals surface area (Å²) in [5.74, 6) is 0.855. The number of hydrogen-bond acceptors (Lipinski definition) is 5. The molecule has 28 heavy (non-hydrogen) atoms. The highest BCUT2D eigenvalue weighted by molar-refractivity contribution is 5.95. The van der Waals surface area contributed by atoms with Gasteiger partial charge in [0.05, 0.1) is 17.1 Å². The van der Waals surface area contributed by atoms with E-state index in [9.17, 15) is 4.79 Å². The summed E-state index contributed by atoms with van der Waals surface area (Å²) in [4.78, 5) is 17.8. The highest BCUT2D eigenvalue weighted by atomic mass is 16.1. The maximum absolute atomic E-state index is 13.0. The van der Waals surface area contributed by atoms with Gasteiger partial charge in [0.2, 0.25) is 0 Å². The van der Waals surface area contributed by atoms with Crippen LogP contribution in [0.2, 0.25) is 0 Å². The predicted octanol–water partition coefficient (Wildman–Crippen LogP) is 3.18. The summed E-state index contributed by atoms with van der Waals surface area (Å²) in [6.07, 6.45) is 1.68. The Bertz CT molecular complexity index is 1140. The number of pyridine rings is 1. The van der Waals surface area contributed by atoms with Crippen molar-refractivity contribution in [3.05, 3.63) is 54.0 Å². The van der Waals surface area contributed by atoms with E-state index in [0.29, 0.717) is 11.2 Å². The van der Waals surface area contributed by atoms with Crippen molar-refractivity contribution in [1.29, 1.82) is 0 Å². The Labute approximate surface area is 162 Å². The minimum Gasteiger partial charge on any atom is -0.342 e. The minimum absolute atomic E-state index is 0.164. The third-order valence-electron chi connectivity index (χ3n) is 4.83. The number of nitrogens with one attached hydrogen (secondary N) is 1. The van der Waals surface area contributed by atoms with Crippen molar-refractivity contribution in [2.45, 2.75) is 39.8 Å². The van der Waals surface area contributed by atoms with E-state index < -0.39 is 0 Å². The summed E-state index contributed by atoms with van der Waals surface area (Å²) < 4.78 is 3.72. The van der Waals surface area contributed by atoms with Crippen LogP contribution in [-0.4, -0.2) is 35.5 Å². The molecule has 0 fully saturated rings. The predicted molar refractivity (Wildman–Crippen MR) is 106 cm³/mol. The van der Waals surface area contributed by atoms with Crippen molar-refractivity contribution in [1.82, 2.24) is 34.9 Å². The molecule has 1 N–H and O–H groups in total. The van der Waals surface area contributed by atoms with E-state index in [-0.39, 0.29) is 23.9 Å². The summed E-state index contributed by atoms with van der Waals surface area (Å²) >= 11 is 0. The normalized spacial score (nSPS) is 12.9. The second-order valence-electron chi connectivity index (χ2n) is 7.51. The molecule has 0 saturated heterocycles.